The van der Waals surface area contributed by atoms with Crippen molar-refractivity contribution < 1.29 is 14.3 Å². The number of methoxy groups -OCH3 is 1. The van der Waals surface area contributed by atoms with Crippen molar-refractivity contribution in [2.45, 2.75) is 13.3 Å². The first kappa shape index (κ1) is 14.0. The molecule has 0 atom stereocenters. The Balaban J connectivity index is 2.42. The molecule has 0 aliphatic rings. The average molecular weight is 246 g/mol. The number of rotatable bonds is 6. The minimum Gasteiger partial charge on any atom is -0.497 e. The third kappa shape index (κ3) is 5.34. The minimum atomic E-state index is -0.341. The van der Waals surface area contributed by atoms with Gasteiger partial charge >= 0.3 is 5.97 Å². The van der Waals surface area contributed by atoms with Crippen molar-refractivity contribution >= 4 is 12.0 Å². The van der Waals surface area contributed by atoms with E-state index in [0.717, 1.165) is 16.9 Å². The lowest BCUT2D eigenvalue weighted by Crippen LogP contribution is -2.02. The summed E-state index contributed by atoms with van der Waals surface area (Å²) in [5.74, 6) is 0.447. The molecule has 0 aliphatic heterocycles. The van der Waals surface area contributed by atoms with Crippen LogP contribution in [-0.4, -0.2) is 19.7 Å². The standard InChI is InChI=1S/C15H18O3/c1-12(2)10-11-18-15(16)9-6-13-4-7-14(17-3)8-5-13/h4-9H,1,10-11H2,2-3H3. The molecule has 0 N–H and O–H groups in total. The molecule has 0 unspecified atom stereocenters. The van der Waals surface area contributed by atoms with Crippen molar-refractivity contribution in [1.29, 1.82) is 0 Å². The maximum atomic E-state index is 11.4. The summed E-state index contributed by atoms with van der Waals surface area (Å²) in [7, 11) is 1.61. The molecule has 0 saturated heterocycles. The Bertz CT molecular complexity index is 430. The molecular formula is C15H18O3. The van der Waals surface area contributed by atoms with Crippen molar-refractivity contribution in [1.82, 2.24) is 0 Å². The first-order valence-corrected chi connectivity index (χ1v) is 5.75. The second-order valence-corrected chi connectivity index (χ2v) is 3.98. The van der Waals surface area contributed by atoms with Gasteiger partial charge in [-0.1, -0.05) is 17.7 Å². The number of carbonyl (C=O) groups excluding carboxylic acids is 1. The lowest BCUT2D eigenvalue weighted by atomic mass is 10.2. The monoisotopic (exact) mass is 246 g/mol. The first-order valence-electron chi connectivity index (χ1n) is 5.75. The van der Waals surface area contributed by atoms with Gasteiger partial charge in [-0.05, 0) is 30.7 Å². The second-order valence-electron chi connectivity index (χ2n) is 3.98. The highest BCUT2D eigenvalue weighted by atomic mass is 16.5. The van der Waals surface area contributed by atoms with Crippen LogP contribution < -0.4 is 4.74 Å². The topological polar surface area (TPSA) is 35.5 Å². The summed E-state index contributed by atoms with van der Waals surface area (Å²) in [6.07, 6.45) is 3.82. The molecule has 0 aromatic heterocycles. The Labute approximate surface area is 108 Å². The summed E-state index contributed by atoms with van der Waals surface area (Å²) in [5, 5.41) is 0. The SMILES string of the molecule is C=C(C)CCOC(=O)C=Cc1ccc(OC)cc1. The summed E-state index contributed by atoms with van der Waals surface area (Å²) in [4.78, 5) is 11.4. The van der Waals surface area contributed by atoms with Crippen LogP contribution >= 0.6 is 0 Å². The molecule has 1 aromatic rings. The van der Waals surface area contributed by atoms with Crippen LogP contribution in [0.3, 0.4) is 0 Å². The number of hydrogen-bond donors (Lipinski definition) is 0. The van der Waals surface area contributed by atoms with E-state index in [2.05, 4.69) is 6.58 Å². The maximum absolute atomic E-state index is 11.4. The molecule has 0 radical (unpaired) electrons. The molecular weight excluding hydrogens is 228 g/mol. The van der Waals surface area contributed by atoms with Gasteiger partial charge in [0.15, 0.2) is 0 Å². The molecule has 3 nitrogen and oxygen atoms in total. The zero-order valence-electron chi connectivity index (χ0n) is 10.8. The third-order valence-corrected chi connectivity index (χ3v) is 2.30. The van der Waals surface area contributed by atoms with E-state index in [9.17, 15) is 4.79 Å². The van der Waals surface area contributed by atoms with Crippen LogP contribution in [0.5, 0.6) is 5.75 Å². The van der Waals surface area contributed by atoms with Gasteiger partial charge in [0.1, 0.15) is 5.75 Å². The molecule has 0 aliphatic carbocycles. The molecule has 0 spiro atoms. The highest BCUT2D eigenvalue weighted by Crippen LogP contribution is 2.12. The Kier molecular flexibility index (Phi) is 5.71. The van der Waals surface area contributed by atoms with Crippen LogP contribution in [0, 0.1) is 0 Å². The molecule has 1 rings (SSSR count). The Morgan fingerprint density at radius 3 is 2.56 bits per heavy atom. The minimum absolute atomic E-state index is 0.341. The summed E-state index contributed by atoms with van der Waals surface area (Å²) < 4.78 is 10.1. The third-order valence-electron chi connectivity index (χ3n) is 2.30. The van der Waals surface area contributed by atoms with Crippen molar-refractivity contribution in [2.75, 3.05) is 13.7 Å². The van der Waals surface area contributed by atoms with Gasteiger partial charge in [0.2, 0.25) is 0 Å². The molecule has 0 bridgehead atoms. The highest BCUT2D eigenvalue weighted by Gasteiger charge is 1.97. The number of ether oxygens (including phenoxy) is 2. The molecule has 3 heteroatoms. The molecule has 0 heterocycles. The molecule has 0 fully saturated rings. The van der Waals surface area contributed by atoms with Crippen LogP contribution in [0.15, 0.2) is 42.5 Å². The predicted molar refractivity (Wildman–Crippen MR) is 72.4 cm³/mol. The normalized spacial score (nSPS) is 10.3. The fourth-order valence-corrected chi connectivity index (χ4v) is 1.25. The van der Waals surface area contributed by atoms with E-state index in [4.69, 9.17) is 9.47 Å². The van der Waals surface area contributed by atoms with E-state index in [1.807, 2.05) is 31.2 Å². The summed E-state index contributed by atoms with van der Waals surface area (Å²) >= 11 is 0. The predicted octanol–water partition coefficient (Wildman–Crippen LogP) is 3.22. The maximum Gasteiger partial charge on any atom is 0.330 e. The van der Waals surface area contributed by atoms with E-state index < -0.39 is 0 Å². The number of hydrogen-bond acceptors (Lipinski definition) is 3. The molecule has 0 amide bonds. The molecule has 1 aromatic carbocycles. The van der Waals surface area contributed by atoms with Gasteiger partial charge in [-0.25, -0.2) is 4.79 Å². The molecule has 96 valence electrons. The van der Waals surface area contributed by atoms with Gasteiger partial charge in [-0.3, -0.25) is 0 Å². The lowest BCUT2D eigenvalue weighted by Gasteiger charge is -2.01. The Morgan fingerprint density at radius 1 is 1.33 bits per heavy atom. The van der Waals surface area contributed by atoms with E-state index in [1.165, 1.54) is 6.08 Å². The van der Waals surface area contributed by atoms with E-state index in [1.54, 1.807) is 13.2 Å². The largest absolute Gasteiger partial charge is 0.497 e. The summed E-state index contributed by atoms with van der Waals surface area (Å²) in [6.45, 7) is 6.02. The van der Waals surface area contributed by atoms with E-state index in [-0.39, 0.29) is 5.97 Å². The van der Waals surface area contributed by atoms with Gasteiger partial charge in [-0.15, -0.1) is 6.58 Å². The van der Waals surface area contributed by atoms with Gasteiger partial charge in [-0.2, -0.15) is 0 Å². The van der Waals surface area contributed by atoms with Gasteiger partial charge < -0.3 is 9.47 Å². The number of benzene rings is 1. The van der Waals surface area contributed by atoms with Gasteiger partial charge in [0.05, 0.1) is 13.7 Å². The summed E-state index contributed by atoms with van der Waals surface area (Å²) in [5.41, 5.74) is 1.93. The van der Waals surface area contributed by atoms with Crippen LogP contribution in [0.25, 0.3) is 6.08 Å². The molecule has 0 saturated carbocycles. The zero-order valence-corrected chi connectivity index (χ0v) is 10.8. The van der Waals surface area contributed by atoms with Crippen LogP contribution in [0.2, 0.25) is 0 Å². The number of carbonyl (C=O) groups is 1. The van der Waals surface area contributed by atoms with Gasteiger partial charge in [0, 0.05) is 12.5 Å². The van der Waals surface area contributed by atoms with Crippen molar-refractivity contribution in [2.24, 2.45) is 0 Å². The van der Waals surface area contributed by atoms with Crippen molar-refractivity contribution in [3.63, 3.8) is 0 Å². The van der Waals surface area contributed by atoms with Crippen molar-refractivity contribution in [3.8, 4) is 5.75 Å². The van der Waals surface area contributed by atoms with Crippen LogP contribution in [-0.2, 0) is 9.53 Å². The Hall–Kier alpha value is -2.03. The number of esters is 1. The smallest absolute Gasteiger partial charge is 0.330 e. The summed E-state index contributed by atoms with van der Waals surface area (Å²) in [6, 6.07) is 7.42. The van der Waals surface area contributed by atoms with E-state index in [0.29, 0.717) is 13.0 Å². The average Bonchev–Trinajstić information content (AvgIpc) is 2.36. The lowest BCUT2D eigenvalue weighted by molar-refractivity contribution is -0.137. The van der Waals surface area contributed by atoms with Gasteiger partial charge in [0.25, 0.3) is 0 Å². The Morgan fingerprint density at radius 2 is 2.00 bits per heavy atom. The van der Waals surface area contributed by atoms with Crippen LogP contribution in [0.4, 0.5) is 0 Å². The van der Waals surface area contributed by atoms with Crippen molar-refractivity contribution in [3.05, 3.63) is 48.1 Å². The first-order chi connectivity index (χ1) is 8.61. The second kappa shape index (κ2) is 7.33. The molecule has 18 heavy (non-hydrogen) atoms. The van der Waals surface area contributed by atoms with Crippen LogP contribution in [0.1, 0.15) is 18.9 Å². The van der Waals surface area contributed by atoms with E-state index >= 15 is 0 Å². The quantitative estimate of drug-likeness (QED) is 0.439. The highest BCUT2D eigenvalue weighted by molar-refractivity contribution is 5.87. The fourth-order valence-electron chi connectivity index (χ4n) is 1.25. The fraction of sp³-hybridized carbons (Fsp3) is 0.267. The zero-order chi connectivity index (χ0) is 13.4.